The van der Waals surface area contributed by atoms with Crippen LogP contribution in [0.4, 0.5) is 0 Å². The maximum atomic E-state index is 3.74. The molecular formula is C18H29N. The Morgan fingerprint density at radius 3 is 2.16 bits per heavy atom. The van der Waals surface area contributed by atoms with Crippen LogP contribution in [0.2, 0.25) is 0 Å². The minimum Gasteiger partial charge on any atom is -0.310 e. The fourth-order valence-corrected chi connectivity index (χ4v) is 3.22. The molecule has 1 N–H and O–H groups in total. The fourth-order valence-electron chi connectivity index (χ4n) is 3.22. The van der Waals surface area contributed by atoms with Gasteiger partial charge in [-0.25, -0.2) is 0 Å². The Bertz CT molecular complexity index is 346. The second kappa shape index (κ2) is 7.69. The van der Waals surface area contributed by atoms with Crippen LogP contribution in [0, 0.1) is 5.92 Å². The zero-order chi connectivity index (χ0) is 13.5. The van der Waals surface area contributed by atoms with Crippen LogP contribution in [-0.4, -0.2) is 6.04 Å². The zero-order valence-electron chi connectivity index (χ0n) is 12.6. The van der Waals surface area contributed by atoms with E-state index in [0.717, 1.165) is 24.9 Å². The van der Waals surface area contributed by atoms with Gasteiger partial charge in [0, 0.05) is 12.6 Å². The van der Waals surface area contributed by atoms with E-state index in [1.807, 2.05) is 0 Å². The topological polar surface area (TPSA) is 12.0 Å². The molecule has 2 rings (SSSR count). The Morgan fingerprint density at radius 1 is 0.947 bits per heavy atom. The van der Waals surface area contributed by atoms with Gasteiger partial charge in [0.25, 0.3) is 0 Å². The number of aryl methyl sites for hydroxylation is 1. The fraction of sp³-hybridized carbons (Fsp3) is 0.667. The summed E-state index contributed by atoms with van der Waals surface area (Å²) in [6.07, 6.45) is 9.53. The van der Waals surface area contributed by atoms with Gasteiger partial charge in [-0.05, 0) is 49.1 Å². The molecule has 1 aromatic carbocycles. The standard InChI is InChI=1S/C18H29N/c1-3-5-16-10-12-18(13-11-16)19-14-17-8-6-15(4-2)7-9-17/h6-9,16,18-19H,3-5,10-14H2,1-2H3. The second-order valence-electron chi connectivity index (χ2n) is 6.06. The van der Waals surface area contributed by atoms with E-state index >= 15 is 0 Å². The third kappa shape index (κ3) is 4.65. The molecule has 0 saturated heterocycles. The van der Waals surface area contributed by atoms with Gasteiger partial charge in [0.2, 0.25) is 0 Å². The van der Waals surface area contributed by atoms with Crippen LogP contribution in [0.15, 0.2) is 24.3 Å². The molecule has 19 heavy (non-hydrogen) atoms. The molecule has 106 valence electrons. The van der Waals surface area contributed by atoms with Gasteiger partial charge in [0.1, 0.15) is 0 Å². The van der Waals surface area contributed by atoms with Gasteiger partial charge in [-0.2, -0.15) is 0 Å². The van der Waals surface area contributed by atoms with Crippen LogP contribution < -0.4 is 5.32 Å². The van der Waals surface area contributed by atoms with E-state index in [9.17, 15) is 0 Å². The average Bonchev–Trinajstić information content (AvgIpc) is 2.47. The highest BCUT2D eigenvalue weighted by Crippen LogP contribution is 2.27. The van der Waals surface area contributed by atoms with Crippen LogP contribution in [0.5, 0.6) is 0 Å². The van der Waals surface area contributed by atoms with Gasteiger partial charge >= 0.3 is 0 Å². The summed E-state index contributed by atoms with van der Waals surface area (Å²) in [6.45, 7) is 5.55. The van der Waals surface area contributed by atoms with Crippen LogP contribution in [0.25, 0.3) is 0 Å². The predicted octanol–water partition coefficient (Wildman–Crippen LogP) is 4.70. The first kappa shape index (κ1) is 14.6. The maximum Gasteiger partial charge on any atom is 0.0208 e. The third-order valence-corrected chi connectivity index (χ3v) is 4.57. The molecule has 0 aromatic heterocycles. The summed E-state index contributed by atoms with van der Waals surface area (Å²) in [7, 11) is 0. The number of nitrogens with one attached hydrogen (secondary N) is 1. The van der Waals surface area contributed by atoms with E-state index in [4.69, 9.17) is 0 Å². The molecule has 0 aliphatic heterocycles. The molecular weight excluding hydrogens is 230 g/mol. The van der Waals surface area contributed by atoms with Crippen molar-refractivity contribution in [2.45, 2.75) is 71.4 Å². The van der Waals surface area contributed by atoms with Crippen molar-refractivity contribution in [3.63, 3.8) is 0 Å². The molecule has 0 spiro atoms. The summed E-state index contributed by atoms with van der Waals surface area (Å²) < 4.78 is 0. The van der Waals surface area contributed by atoms with E-state index in [2.05, 4.69) is 43.4 Å². The van der Waals surface area contributed by atoms with Crippen molar-refractivity contribution in [1.29, 1.82) is 0 Å². The molecule has 1 aliphatic rings. The number of rotatable bonds is 6. The molecule has 0 radical (unpaired) electrons. The molecule has 1 saturated carbocycles. The molecule has 0 amide bonds. The van der Waals surface area contributed by atoms with Crippen molar-refractivity contribution in [3.8, 4) is 0 Å². The third-order valence-electron chi connectivity index (χ3n) is 4.57. The second-order valence-corrected chi connectivity index (χ2v) is 6.06. The van der Waals surface area contributed by atoms with Crippen LogP contribution in [0.1, 0.15) is 63.5 Å². The normalized spacial score (nSPS) is 23.5. The quantitative estimate of drug-likeness (QED) is 0.781. The van der Waals surface area contributed by atoms with E-state index in [1.165, 1.54) is 49.7 Å². The summed E-state index contributed by atoms with van der Waals surface area (Å²) in [5, 5.41) is 3.74. The summed E-state index contributed by atoms with van der Waals surface area (Å²) >= 11 is 0. The molecule has 0 atom stereocenters. The number of benzene rings is 1. The van der Waals surface area contributed by atoms with Crippen molar-refractivity contribution >= 4 is 0 Å². The van der Waals surface area contributed by atoms with Gasteiger partial charge in [-0.3, -0.25) is 0 Å². The van der Waals surface area contributed by atoms with Gasteiger partial charge < -0.3 is 5.32 Å². The van der Waals surface area contributed by atoms with Crippen LogP contribution in [0.3, 0.4) is 0 Å². The average molecular weight is 259 g/mol. The van der Waals surface area contributed by atoms with Crippen molar-refractivity contribution < 1.29 is 0 Å². The van der Waals surface area contributed by atoms with Gasteiger partial charge in [0.05, 0.1) is 0 Å². The Labute approximate surface area is 118 Å². The summed E-state index contributed by atoms with van der Waals surface area (Å²) in [5.41, 5.74) is 2.86. The van der Waals surface area contributed by atoms with Gasteiger partial charge in [0.15, 0.2) is 0 Å². The Balaban J connectivity index is 1.71. The highest BCUT2D eigenvalue weighted by atomic mass is 14.9. The van der Waals surface area contributed by atoms with E-state index in [-0.39, 0.29) is 0 Å². The van der Waals surface area contributed by atoms with Crippen molar-refractivity contribution in [3.05, 3.63) is 35.4 Å². The van der Waals surface area contributed by atoms with Crippen LogP contribution >= 0.6 is 0 Å². The molecule has 1 nitrogen and oxygen atoms in total. The monoisotopic (exact) mass is 259 g/mol. The summed E-state index contributed by atoms with van der Waals surface area (Å²) in [4.78, 5) is 0. The SMILES string of the molecule is CCCC1CCC(NCc2ccc(CC)cc2)CC1. The lowest BCUT2D eigenvalue weighted by Gasteiger charge is -2.29. The van der Waals surface area contributed by atoms with Gasteiger partial charge in [-0.1, -0.05) is 51.0 Å². The first-order valence-corrected chi connectivity index (χ1v) is 8.13. The molecule has 1 aromatic rings. The smallest absolute Gasteiger partial charge is 0.0208 e. The van der Waals surface area contributed by atoms with Crippen molar-refractivity contribution in [2.75, 3.05) is 0 Å². The van der Waals surface area contributed by atoms with E-state index < -0.39 is 0 Å². The van der Waals surface area contributed by atoms with E-state index in [1.54, 1.807) is 0 Å². The Morgan fingerprint density at radius 2 is 1.58 bits per heavy atom. The Hall–Kier alpha value is -0.820. The first-order valence-electron chi connectivity index (χ1n) is 8.13. The zero-order valence-corrected chi connectivity index (χ0v) is 12.6. The molecule has 1 fully saturated rings. The number of hydrogen-bond acceptors (Lipinski definition) is 1. The lowest BCUT2D eigenvalue weighted by molar-refractivity contribution is 0.277. The number of hydrogen-bond donors (Lipinski definition) is 1. The summed E-state index contributed by atoms with van der Waals surface area (Å²) in [6, 6.07) is 9.81. The predicted molar refractivity (Wildman–Crippen MR) is 83.3 cm³/mol. The molecule has 1 heteroatoms. The molecule has 0 unspecified atom stereocenters. The highest BCUT2D eigenvalue weighted by molar-refractivity contribution is 5.22. The maximum absolute atomic E-state index is 3.74. The lowest BCUT2D eigenvalue weighted by atomic mass is 9.83. The summed E-state index contributed by atoms with van der Waals surface area (Å²) in [5.74, 6) is 1.01. The highest BCUT2D eigenvalue weighted by Gasteiger charge is 2.19. The van der Waals surface area contributed by atoms with Crippen molar-refractivity contribution in [1.82, 2.24) is 5.32 Å². The molecule has 0 bridgehead atoms. The first-order chi connectivity index (χ1) is 9.31. The minimum absolute atomic E-state index is 0.749. The molecule has 1 aliphatic carbocycles. The van der Waals surface area contributed by atoms with Crippen LogP contribution in [-0.2, 0) is 13.0 Å². The van der Waals surface area contributed by atoms with Gasteiger partial charge in [-0.15, -0.1) is 0 Å². The van der Waals surface area contributed by atoms with E-state index in [0.29, 0.717) is 0 Å². The Kier molecular flexibility index (Phi) is 5.91. The van der Waals surface area contributed by atoms with Crippen molar-refractivity contribution in [2.24, 2.45) is 5.92 Å². The molecule has 0 heterocycles. The largest absolute Gasteiger partial charge is 0.310 e. The minimum atomic E-state index is 0.749. The lowest BCUT2D eigenvalue weighted by Crippen LogP contribution is -2.32.